The summed E-state index contributed by atoms with van der Waals surface area (Å²) in [5, 5.41) is 2.76. The van der Waals surface area contributed by atoms with Crippen molar-refractivity contribution in [3.05, 3.63) is 0 Å². The lowest BCUT2D eigenvalue weighted by atomic mass is 10.1. The van der Waals surface area contributed by atoms with Crippen molar-refractivity contribution < 1.29 is 19.1 Å². The summed E-state index contributed by atoms with van der Waals surface area (Å²) < 4.78 is 10.0. The van der Waals surface area contributed by atoms with Gasteiger partial charge < -0.3 is 14.8 Å². The van der Waals surface area contributed by atoms with Gasteiger partial charge in [-0.25, -0.2) is 0 Å². The van der Waals surface area contributed by atoms with E-state index in [4.69, 9.17) is 9.47 Å². The Labute approximate surface area is 114 Å². The summed E-state index contributed by atoms with van der Waals surface area (Å²) in [7, 11) is 0. The number of carbonyl (C=O) groups excluding carboxylic acids is 2. The second-order valence-corrected chi connectivity index (χ2v) is 4.80. The molecule has 0 radical (unpaired) electrons. The molecule has 6 heteroatoms. The van der Waals surface area contributed by atoms with Crippen LogP contribution in [0.2, 0.25) is 0 Å². The summed E-state index contributed by atoms with van der Waals surface area (Å²) >= 11 is 0. The van der Waals surface area contributed by atoms with Crippen LogP contribution in [-0.2, 0) is 19.1 Å². The van der Waals surface area contributed by atoms with Gasteiger partial charge >= 0.3 is 5.97 Å². The van der Waals surface area contributed by atoms with E-state index in [-0.39, 0.29) is 12.3 Å². The molecule has 110 valence electrons. The number of morpholine rings is 1. The summed E-state index contributed by atoms with van der Waals surface area (Å²) in [5.41, 5.74) is 0. The van der Waals surface area contributed by atoms with Gasteiger partial charge in [0.15, 0.2) is 0 Å². The standard InChI is InChI=1S/C13H24N2O4/c1-3-19-13(17)8-12(16)14-9-11(2)10-15-4-6-18-7-5-15/h11H,3-10H2,1-2H3,(H,14,16). The average Bonchev–Trinajstić information content (AvgIpc) is 2.38. The van der Waals surface area contributed by atoms with Gasteiger partial charge in [0.1, 0.15) is 6.42 Å². The van der Waals surface area contributed by atoms with Crippen molar-refractivity contribution in [1.82, 2.24) is 10.2 Å². The number of ether oxygens (including phenoxy) is 2. The molecule has 0 bridgehead atoms. The average molecular weight is 272 g/mol. The second kappa shape index (κ2) is 8.87. The monoisotopic (exact) mass is 272 g/mol. The summed E-state index contributed by atoms with van der Waals surface area (Å²) in [6, 6.07) is 0. The molecule has 0 spiro atoms. The summed E-state index contributed by atoms with van der Waals surface area (Å²) in [6.07, 6.45) is -0.196. The molecule has 1 aliphatic rings. The first-order chi connectivity index (χ1) is 9.11. The number of esters is 1. The van der Waals surface area contributed by atoms with Crippen LogP contribution in [0.15, 0.2) is 0 Å². The van der Waals surface area contributed by atoms with Gasteiger partial charge in [-0.05, 0) is 12.8 Å². The van der Waals surface area contributed by atoms with Crippen molar-refractivity contribution in [3.63, 3.8) is 0 Å². The molecule has 0 saturated carbocycles. The Balaban J connectivity index is 2.12. The Morgan fingerprint density at radius 1 is 1.37 bits per heavy atom. The van der Waals surface area contributed by atoms with Crippen molar-refractivity contribution >= 4 is 11.9 Å². The van der Waals surface area contributed by atoms with Crippen LogP contribution < -0.4 is 5.32 Å². The van der Waals surface area contributed by atoms with E-state index >= 15 is 0 Å². The fraction of sp³-hybridized carbons (Fsp3) is 0.846. The highest BCUT2D eigenvalue weighted by atomic mass is 16.5. The summed E-state index contributed by atoms with van der Waals surface area (Å²) in [6.45, 7) is 9.07. The fourth-order valence-electron chi connectivity index (χ4n) is 1.98. The molecule has 1 fully saturated rings. The number of hydrogen-bond acceptors (Lipinski definition) is 5. The SMILES string of the molecule is CCOC(=O)CC(=O)NCC(C)CN1CCOCC1. The molecule has 1 amide bonds. The third-order valence-electron chi connectivity index (χ3n) is 2.93. The molecule has 0 aromatic rings. The highest BCUT2D eigenvalue weighted by molar-refractivity contribution is 5.94. The lowest BCUT2D eigenvalue weighted by Gasteiger charge is -2.29. The third-order valence-corrected chi connectivity index (χ3v) is 2.93. The van der Waals surface area contributed by atoms with Gasteiger partial charge in [-0.1, -0.05) is 6.92 Å². The molecule has 1 atom stereocenters. The summed E-state index contributed by atoms with van der Waals surface area (Å²) in [4.78, 5) is 24.9. The van der Waals surface area contributed by atoms with E-state index in [0.717, 1.165) is 32.8 Å². The molecule has 0 aromatic carbocycles. The van der Waals surface area contributed by atoms with Crippen molar-refractivity contribution in [2.45, 2.75) is 20.3 Å². The van der Waals surface area contributed by atoms with E-state index in [2.05, 4.69) is 17.1 Å². The van der Waals surface area contributed by atoms with Gasteiger partial charge in [-0.2, -0.15) is 0 Å². The van der Waals surface area contributed by atoms with Gasteiger partial charge in [-0.3, -0.25) is 14.5 Å². The smallest absolute Gasteiger partial charge is 0.315 e. The maximum Gasteiger partial charge on any atom is 0.315 e. The molecule has 1 saturated heterocycles. The van der Waals surface area contributed by atoms with Crippen LogP contribution in [0.3, 0.4) is 0 Å². The van der Waals surface area contributed by atoms with Crippen LogP contribution in [-0.4, -0.2) is 62.8 Å². The number of amides is 1. The second-order valence-electron chi connectivity index (χ2n) is 4.80. The van der Waals surface area contributed by atoms with E-state index < -0.39 is 5.97 Å². The van der Waals surface area contributed by atoms with Crippen molar-refractivity contribution in [2.75, 3.05) is 46.0 Å². The van der Waals surface area contributed by atoms with E-state index in [1.807, 2.05) is 0 Å². The lowest BCUT2D eigenvalue weighted by Crippen LogP contribution is -2.41. The minimum Gasteiger partial charge on any atom is -0.466 e. The molecular formula is C13H24N2O4. The minimum absolute atomic E-state index is 0.196. The largest absolute Gasteiger partial charge is 0.466 e. The highest BCUT2D eigenvalue weighted by Gasteiger charge is 2.15. The molecule has 0 aliphatic carbocycles. The molecule has 1 aliphatic heterocycles. The summed E-state index contributed by atoms with van der Waals surface area (Å²) in [5.74, 6) is -0.391. The molecule has 1 rings (SSSR count). The third kappa shape index (κ3) is 7.12. The van der Waals surface area contributed by atoms with Crippen molar-refractivity contribution in [1.29, 1.82) is 0 Å². The van der Waals surface area contributed by atoms with Crippen LogP contribution in [0.4, 0.5) is 0 Å². The van der Waals surface area contributed by atoms with E-state index in [1.54, 1.807) is 6.92 Å². The number of rotatable bonds is 7. The molecule has 1 N–H and O–H groups in total. The maximum atomic E-state index is 11.5. The molecule has 0 aromatic heterocycles. The number of hydrogen-bond donors (Lipinski definition) is 1. The first kappa shape index (κ1) is 15.9. The fourth-order valence-corrected chi connectivity index (χ4v) is 1.98. The lowest BCUT2D eigenvalue weighted by molar-refractivity contribution is -0.146. The first-order valence-electron chi connectivity index (χ1n) is 6.84. The van der Waals surface area contributed by atoms with Gasteiger partial charge in [0, 0.05) is 26.2 Å². The van der Waals surface area contributed by atoms with Crippen LogP contribution in [0.5, 0.6) is 0 Å². The van der Waals surface area contributed by atoms with Gasteiger partial charge in [0.2, 0.25) is 5.91 Å². The molecule has 6 nitrogen and oxygen atoms in total. The molecular weight excluding hydrogens is 248 g/mol. The Bertz CT molecular complexity index is 290. The quantitative estimate of drug-likeness (QED) is 0.523. The van der Waals surface area contributed by atoms with Crippen LogP contribution >= 0.6 is 0 Å². The van der Waals surface area contributed by atoms with Crippen molar-refractivity contribution in [2.24, 2.45) is 5.92 Å². The maximum absolute atomic E-state index is 11.5. The Hall–Kier alpha value is -1.14. The molecule has 1 unspecified atom stereocenters. The molecule has 19 heavy (non-hydrogen) atoms. The minimum atomic E-state index is -0.471. The zero-order valence-electron chi connectivity index (χ0n) is 11.8. The van der Waals surface area contributed by atoms with Crippen LogP contribution in [0.25, 0.3) is 0 Å². The predicted molar refractivity (Wildman–Crippen MR) is 70.7 cm³/mol. The highest BCUT2D eigenvalue weighted by Crippen LogP contribution is 2.02. The topological polar surface area (TPSA) is 67.9 Å². The van der Waals surface area contributed by atoms with Crippen LogP contribution in [0.1, 0.15) is 20.3 Å². The number of nitrogens with one attached hydrogen (secondary N) is 1. The molecule has 1 heterocycles. The normalized spacial score (nSPS) is 17.8. The van der Waals surface area contributed by atoms with Crippen molar-refractivity contribution in [3.8, 4) is 0 Å². The van der Waals surface area contributed by atoms with E-state index in [9.17, 15) is 9.59 Å². The first-order valence-corrected chi connectivity index (χ1v) is 6.84. The van der Waals surface area contributed by atoms with Gasteiger partial charge in [0.25, 0.3) is 0 Å². The Morgan fingerprint density at radius 3 is 2.68 bits per heavy atom. The predicted octanol–water partition coefficient (Wildman–Crippen LogP) is 0.0241. The van der Waals surface area contributed by atoms with E-state index in [0.29, 0.717) is 19.1 Å². The zero-order chi connectivity index (χ0) is 14.1. The van der Waals surface area contributed by atoms with E-state index in [1.165, 1.54) is 0 Å². The number of nitrogens with zero attached hydrogens (tertiary/aromatic N) is 1. The number of carbonyl (C=O) groups is 2. The Morgan fingerprint density at radius 2 is 2.05 bits per heavy atom. The Kier molecular flexibility index (Phi) is 7.43. The zero-order valence-corrected chi connectivity index (χ0v) is 11.8. The van der Waals surface area contributed by atoms with Crippen LogP contribution in [0, 0.1) is 5.92 Å². The van der Waals surface area contributed by atoms with Gasteiger partial charge in [0.05, 0.1) is 19.8 Å². The van der Waals surface area contributed by atoms with Gasteiger partial charge in [-0.15, -0.1) is 0 Å².